The van der Waals surface area contributed by atoms with Crippen LogP contribution in [-0.4, -0.2) is 87.7 Å². The number of nitrogens with zero attached hydrogens (tertiary/aromatic N) is 3. The van der Waals surface area contributed by atoms with Crippen LogP contribution in [0, 0.1) is 0 Å². The summed E-state index contributed by atoms with van der Waals surface area (Å²) in [6.45, 7) is 10.0. The van der Waals surface area contributed by atoms with E-state index in [4.69, 9.17) is 4.74 Å². The van der Waals surface area contributed by atoms with Gasteiger partial charge in [-0.25, -0.2) is 4.99 Å². The van der Waals surface area contributed by atoms with Crippen molar-refractivity contribution < 1.29 is 9.53 Å². The number of carbonyl (C=O) groups is 1. The fraction of sp³-hybridized carbons (Fsp3) is 0.875. The summed E-state index contributed by atoms with van der Waals surface area (Å²) in [4.78, 5) is 20.0. The van der Waals surface area contributed by atoms with Crippen LogP contribution in [0.5, 0.6) is 0 Å². The van der Waals surface area contributed by atoms with E-state index in [1.165, 1.54) is 0 Å². The number of carbonyl (C=O) groups excluding carboxylic acids is 1. The van der Waals surface area contributed by atoms with Gasteiger partial charge < -0.3 is 20.3 Å². The molecule has 7 nitrogen and oxygen atoms in total. The lowest BCUT2D eigenvalue weighted by Crippen LogP contribution is -2.44. The van der Waals surface area contributed by atoms with Crippen molar-refractivity contribution in [2.24, 2.45) is 4.99 Å². The van der Waals surface area contributed by atoms with Gasteiger partial charge in [-0.1, -0.05) is 6.92 Å². The van der Waals surface area contributed by atoms with Crippen LogP contribution in [0.3, 0.4) is 0 Å². The summed E-state index contributed by atoms with van der Waals surface area (Å²) in [6.07, 6.45) is 2.05. The largest absolute Gasteiger partial charge is 0.379 e. The Morgan fingerprint density at radius 3 is 2.65 bits per heavy atom. The molecule has 23 heavy (non-hydrogen) atoms. The number of amides is 1. The molecule has 0 aromatic carbocycles. The van der Waals surface area contributed by atoms with E-state index in [0.717, 1.165) is 58.2 Å². The van der Waals surface area contributed by atoms with Crippen LogP contribution >= 0.6 is 0 Å². The molecule has 7 heteroatoms. The van der Waals surface area contributed by atoms with E-state index in [0.29, 0.717) is 6.04 Å². The zero-order valence-corrected chi connectivity index (χ0v) is 15.1. The highest BCUT2D eigenvalue weighted by molar-refractivity contribution is 5.84. The Morgan fingerprint density at radius 1 is 1.35 bits per heavy atom. The highest BCUT2D eigenvalue weighted by Gasteiger charge is 2.10. The van der Waals surface area contributed by atoms with Gasteiger partial charge in [0.1, 0.15) is 6.54 Å². The molecule has 0 saturated carbocycles. The molecule has 1 amide bonds. The SMILES string of the molecule is CCC(C)NC(=NCC(=O)N(C)C)NCCCN1CCOCC1. The van der Waals surface area contributed by atoms with Gasteiger partial charge in [-0.15, -0.1) is 0 Å². The average molecular weight is 327 g/mol. The number of likely N-dealkylation sites (N-methyl/N-ethyl adjacent to an activating group) is 1. The summed E-state index contributed by atoms with van der Waals surface area (Å²) in [5.74, 6) is 0.722. The summed E-state index contributed by atoms with van der Waals surface area (Å²) in [7, 11) is 3.49. The van der Waals surface area contributed by atoms with Crippen LogP contribution in [0.2, 0.25) is 0 Å². The Hall–Kier alpha value is -1.34. The highest BCUT2D eigenvalue weighted by atomic mass is 16.5. The van der Waals surface area contributed by atoms with Crippen molar-refractivity contribution in [2.45, 2.75) is 32.7 Å². The maximum atomic E-state index is 11.7. The second-order valence-electron chi connectivity index (χ2n) is 6.14. The smallest absolute Gasteiger partial charge is 0.243 e. The fourth-order valence-corrected chi connectivity index (χ4v) is 2.11. The van der Waals surface area contributed by atoms with E-state index in [1.54, 1.807) is 19.0 Å². The summed E-state index contributed by atoms with van der Waals surface area (Å²) in [5.41, 5.74) is 0. The van der Waals surface area contributed by atoms with Crippen molar-refractivity contribution in [1.29, 1.82) is 0 Å². The summed E-state index contributed by atoms with van der Waals surface area (Å²) in [6, 6.07) is 0.329. The normalized spacial score (nSPS) is 17.7. The number of hydrogen-bond donors (Lipinski definition) is 2. The molecule has 1 unspecified atom stereocenters. The van der Waals surface area contributed by atoms with Gasteiger partial charge in [-0.2, -0.15) is 0 Å². The van der Waals surface area contributed by atoms with E-state index >= 15 is 0 Å². The van der Waals surface area contributed by atoms with Crippen molar-refractivity contribution in [2.75, 3.05) is 60.0 Å². The van der Waals surface area contributed by atoms with Crippen LogP contribution in [0.4, 0.5) is 0 Å². The monoisotopic (exact) mass is 327 g/mol. The molecule has 1 heterocycles. The third kappa shape index (κ3) is 8.76. The average Bonchev–Trinajstić information content (AvgIpc) is 2.56. The van der Waals surface area contributed by atoms with Crippen LogP contribution in [0.25, 0.3) is 0 Å². The third-order valence-electron chi connectivity index (χ3n) is 3.91. The van der Waals surface area contributed by atoms with Gasteiger partial charge >= 0.3 is 0 Å². The molecule has 0 aliphatic carbocycles. The number of nitrogens with one attached hydrogen (secondary N) is 2. The Labute approximate surface area is 140 Å². The van der Waals surface area contributed by atoms with E-state index < -0.39 is 0 Å². The van der Waals surface area contributed by atoms with Gasteiger partial charge in [0.15, 0.2) is 5.96 Å². The van der Waals surface area contributed by atoms with Crippen molar-refractivity contribution in [3.8, 4) is 0 Å². The summed E-state index contributed by atoms with van der Waals surface area (Å²) in [5, 5.41) is 6.66. The first-order valence-electron chi connectivity index (χ1n) is 8.58. The van der Waals surface area contributed by atoms with Crippen LogP contribution in [0.15, 0.2) is 4.99 Å². The van der Waals surface area contributed by atoms with Crippen LogP contribution < -0.4 is 10.6 Å². The molecule has 1 atom stereocenters. The van der Waals surface area contributed by atoms with Gasteiger partial charge in [0.2, 0.25) is 5.91 Å². The molecule has 0 spiro atoms. The Balaban J connectivity index is 2.35. The molecule has 0 radical (unpaired) electrons. The van der Waals surface area contributed by atoms with E-state index in [1.807, 2.05) is 0 Å². The quantitative estimate of drug-likeness (QED) is 0.377. The number of rotatable bonds is 8. The minimum Gasteiger partial charge on any atom is -0.379 e. The summed E-state index contributed by atoms with van der Waals surface area (Å²) < 4.78 is 5.35. The molecule has 0 bridgehead atoms. The van der Waals surface area contributed by atoms with E-state index in [9.17, 15) is 4.79 Å². The predicted octanol–water partition coefficient (Wildman–Crippen LogP) is 0.131. The minimum atomic E-state index is 0.00330. The molecule has 134 valence electrons. The molecule has 1 aliphatic rings. The first-order chi connectivity index (χ1) is 11.0. The highest BCUT2D eigenvalue weighted by Crippen LogP contribution is 1.97. The van der Waals surface area contributed by atoms with Gasteiger partial charge in [0, 0.05) is 39.8 Å². The number of hydrogen-bond acceptors (Lipinski definition) is 4. The maximum Gasteiger partial charge on any atom is 0.243 e. The van der Waals surface area contributed by atoms with Gasteiger partial charge in [-0.3, -0.25) is 9.69 Å². The molecule has 0 aromatic heterocycles. The van der Waals surface area contributed by atoms with Crippen molar-refractivity contribution >= 4 is 11.9 Å². The Bertz CT molecular complexity index is 367. The van der Waals surface area contributed by atoms with Crippen LogP contribution in [0.1, 0.15) is 26.7 Å². The minimum absolute atomic E-state index is 0.00330. The number of ether oxygens (including phenoxy) is 1. The molecule has 1 fully saturated rings. The van der Waals surface area contributed by atoms with Crippen LogP contribution in [-0.2, 0) is 9.53 Å². The first kappa shape index (κ1) is 19.7. The molecule has 0 aromatic rings. The lowest BCUT2D eigenvalue weighted by molar-refractivity contribution is -0.127. The standard InChI is InChI=1S/C16H33N5O2/c1-5-14(2)19-16(18-13-15(22)20(3)4)17-7-6-8-21-9-11-23-12-10-21/h14H,5-13H2,1-4H3,(H2,17,18,19). The number of guanidine groups is 1. The first-order valence-corrected chi connectivity index (χ1v) is 8.58. The van der Waals surface area contributed by atoms with E-state index in [2.05, 4.69) is 34.4 Å². The summed E-state index contributed by atoms with van der Waals surface area (Å²) >= 11 is 0. The lowest BCUT2D eigenvalue weighted by Gasteiger charge is -2.26. The zero-order valence-electron chi connectivity index (χ0n) is 15.1. The maximum absolute atomic E-state index is 11.7. The lowest BCUT2D eigenvalue weighted by atomic mass is 10.3. The number of aliphatic imine (C=N–C) groups is 1. The molecular weight excluding hydrogens is 294 g/mol. The third-order valence-corrected chi connectivity index (χ3v) is 3.91. The van der Waals surface area contributed by atoms with Gasteiger partial charge in [0.05, 0.1) is 13.2 Å². The predicted molar refractivity (Wildman–Crippen MR) is 93.8 cm³/mol. The Kier molecular flexibility index (Phi) is 9.63. The van der Waals surface area contributed by atoms with Gasteiger partial charge in [0.25, 0.3) is 0 Å². The molecule has 1 rings (SSSR count). The van der Waals surface area contributed by atoms with E-state index in [-0.39, 0.29) is 12.5 Å². The molecule has 1 aliphatic heterocycles. The second-order valence-corrected chi connectivity index (χ2v) is 6.14. The number of morpholine rings is 1. The zero-order chi connectivity index (χ0) is 17.1. The van der Waals surface area contributed by atoms with Crippen molar-refractivity contribution in [3.63, 3.8) is 0 Å². The van der Waals surface area contributed by atoms with Crippen molar-refractivity contribution in [1.82, 2.24) is 20.4 Å². The topological polar surface area (TPSA) is 69.2 Å². The van der Waals surface area contributed by atoms with Crippen molar-refractivity contribution in [3.05, 3.63) is 0 Å². The fourth-order valence-electron chi connectivity index (χ4n) is 2.11. The molecular formula is C16H33N5O2. The van der Waals surface area contributed by atoms with Gasteiger partial charge in [-0.05, 0) is 26.3 Å². The molecule has 2 N–H and O–H groups in total. The Morgan fingerprint density at radius 2 is 2.04 bits per heavy atom. The second kappa shape index (κ2) is 11.2. The molecule has 1 saturated heterocycles.